The van der Waals surface area contributed by atoms with E-state index >= 15 is 0 Å². The lowest BCUT2D eigenvalue weighted by Crippen LogP contribution is -1.90. The summed E-state index contributed by atoms with van der Waals surface area (Å²) in [4.78, 5) is 1.02. The van der Waals surface area contributed by atoms with Gasteiger partial charge in [-0.1, -0.05) is 6.07 Å². The highest BCUT2D eigenvalue weighted by molar-refractivity contribution is 14.1. The molecule has 1 nitrogen and oxygen atoms in total. The largest absolute Gasteiger partial charge is 0.491 e. The molecule has 1 heterocycles. The number of fused-ring (bicyclic) bond motifs is 1. The molecule has 2 rings (SSSR count). The maximum absolute atomic E-state index is 5.61. The van der Waals surface area contributed by atoms with Crippen LogP contribution in [0.15, 0.2) is 23.1 Å². The number of benzene rings is 1. The van der Waals surface area contributed by atoms with Gasteiger partial charge in [-0.15, -0.1) is 24.0 Å². The van der Waals surface area contributed by atoms with Crippen LogP contribution in [0.25, 0.3) is 10.1 Å². The molecule has 0 aliphatic heterocycles. The van der Waals surface area contributed by atoms with Gasteiger partial charge in [-0.2, -0.15) is 0 Å². The summed E-state index contributed by atoms with van der Waals surface area (Å²) < 4.78 is 8.02. The fourth-order valence-corrected chi connectivity index (χ4v) is 3.67. The Bertz CT molecular complexity index is 464. The quantitative estimate of drug-likeness (QED) is 0.639. The van der Waals surface area contributed by atoms with Gasteiger partial charge in [0.2, 0.25) is 0 Å². The van der Waals surface area contributed by atoms with Crippen molar-refractivity contribution in [3.05, 3.63) is 21.1 Å². The second kappa shape index (κ2) is 4.28. The van der Waals surface area contributed by atoms with Crippen molar-refractivity contribution in [2.75, 3.05) is 6.61 Å². The molecule has 74 valence electrons. The smallest absolute Gasteiger partial charge is 0.151 e. The summed E-state index contributed by atoms with van der Waals surface area (Å²) >= 11 is 8.47. The Morgan fingerprint density at radius 1 is 1.50 bits per heavy atom. The van der Waals surface area contributed by atoms with Gasteiger partial charge >= 0.3 is 0 Å². The molecule has 1 aromatic carbocycles. The van der Waals surface area contributed by atoms with Crippen LogP contribution in [0.3, 0.4) is 0 Å². The van der Waals surface area contributed by atoms with Gasteiger partial charge in [0.05, 0.1) is 11.3 Å². The fourth-order valence-electron chi connectivity index (χ4n) is 1.33. The van der Waals surface area contributed by atoms with E-state index in [0.29, 0.717) is 6.61 Å². The summed E-state index contributed by atoms with van der Waals surface area (Å²) in [5.74, 6) is 1.00. The molecule has 4 heteroatoms. The third kappa shape index (κ3) is 1.75. The van der Waals surface area contributed by atoms with Crippen LogP contribution >= 0.6 is 46.6 Å². The molecule has 0 saturated carbocycles. The normalized spacial score (nSPS) is 10.8. The first-order valence-electron chi connectivity index (χ1n) is 4.26. The molecule has 0 spiro atoms. The van der Waals surface area contributed by atoms with Gasteiger partial charge in [0, 0.05) is 10.3 Å². The van der Waals surface area contributed by atoms with Crippen molar-refractivity contribution in [1.82, 2.24) is 0 Å². The number of thiol groups is 1. The molecule has 0 N–H and O–H groups in total. The fraction of sp³-hybridized carbons (Fsp3) is 0.200. The Labute approximate surface area is 106 Å². The lowest BCUT2D eigenvalue weighted by Gasteiger charge is -2.01. The predicted octanol–water partition coefficient (Wildman–Crippen LogP) is 4.19. The summed E-state index contributed by atoms with van der Waals surface area (Å²) in [6, 6.07) is 6.10. The summed E-state index contributed by atoms with van der Waals surface area (Å²) in [5, 5.41) is 1.17. The molecular weight excluding hydrogens is 327 g/mol. The monoisotopic (exact) mass is 336 g/mol. The number of hydrogen-bond donors (Lipinski definition) is 1. The van der Waals surface area contributed by atoms with Crippen molar-refractivity contribution in [1.29, 1.82) is 0 Å². The average Bonchev–Trinajstić information content (AvgIpc) is 2.47. The van der Waals surface area contributed by atoms with Crippen LogP contribution < -0.4 is 4.74 Å². The molecular formula is C10H9IOS2. The van der Waals surface area contributed by atoms with Crippen LogP contribution in [0.4, 0.5) is 0 Å². The van der Waals surface area contributed by atoms with Crippen molar-refractivity contribution >= 4 is 56.6 Å². The van der Waals surface area contributed by atoms with Gasteiger partial charge in [0.1, 0.15) is 2.88 Å². The van der Waals surface area contributed by atoms with Crippen LogP contribution in [0.1, 0.15) is 6.92 Å². The lowest BCUT2D eigenvalue weighted by molar-refractivity contribution is 0.343. The van der Waals surface area contributed by atoms with Crippen LogP contribution in [0.5, 0.6) is 5.75 Å². The van der Waals surface area contributed by atoms with E-state index in [1.54, 1.807) is 11.3 Å². The third-order valence-electron chi connectivity index (χ3n) is 1.90. The van der Waals surface area contributed by atoms with E-state index in [-0.39, 0.29) is 0 Å². The maximum Gasteiger partial charge on any atom is 0.151 e. The predicted molar refractivity (Wildman–Crippen MR) is 73.0 cm³/mol. The standard InChI is InChI=1S/C10H9IOS2/c1-2-12-8-6-4-3-5-7(13)9(6)14-10(8)11/h3-5,13H,2H2,1H3. The molecule has 2 aromatic rings. The molecule has 0 fully saturated rings. The molecule has 0 amide bonds. The second-order valence-electron chi connectivity index (χ2n) is 2.79. The SMILES string of the molecule is CCOc1c(I)sc2c(S)cccc12. The van der Waals surface area contributed by atoms with Crippen molar-refractivity contribution in [3.8, 4) is 5.75 Å². The van der Waals surface area contributed by atoms with Gasteiger partial charge in [-0.25, -0.2) is 0 Å². The highest BCUT2D eigenvalue weighted by Gasteiger charge is 2.12. The van der Waals surface area contributed by atoms with Gasteiger partial charge in [0.15, 0.2) is 5.75 Å². The molecule has 0 saturated heterocycles. The van der Waals surface area contributed by atoms with E-state index in [4.69, 9.17) is 4.74 Å². The van der Waals surface area contributed by atoms with Crippen LogP contribution in [0.2, 0.25) is 0 Å². The zero-order valence-corrected chi connectivity index (χ0v) is 11.4. The number of ether oxygens (including phenoxy) is 1. The number of rotatable bonds is 2. The van der Waals surface area contributed by atoms with Crippen molar-refractivity contribution in [2.24, 2.45) is 0 Å². The molecule has 0 aliphatic carbocycles. The highest BCUT2D eigenvalue weighted by atomic mass is 127. The molecule has 0 atom stereocenters. The minimum atomic E-state index is 0.707. The molecule has 0 bridgehead atoms. The first-order chi connectivity index (χ1) is 6.74. The van der Waals surface area contributed by atoms with E-state index in [0.717, 1.165) is 10.6 Å². The molecule has 1 aromatic heterocycles. The third-order valence-corrected chi connectivity index (χ3v) is 4.58. The summed E-state index contributed by atoms with van der Waals surface area (Å²) in [5.41, 5.74) is 0. The van der Waals surface area contributed by atoms with Crippen LogP contribution in [0, 0.1) is 2.88 Å². The topological polar surface area (TPSA) is 9.23 Å². The van der Waals surface area contributed by atoms with E-state index < -0.39 is 0 Å². The van der Waals surface area contributed by atoms with Crippen molar-refractivity contribution < 1.29 is 4.74 Å². The maximum atomic E-state index is 5.61. The molecule has 0 aliphatic rings. The van der Waals surface area contributed by atoms with E-state index in [2.05, 4.69) is 41.3 Å². The minimum Gasteiger partial charge on any atom is -0.491 e. The summed E-state index contributed by atoms with van der Waals surface area (Å²) in [6.45, 7) is 2.71. The average molecular weight is 336 g/mol. The summed E-state index contributed by atoms with van der Waals surface area (Å²) in [6.07, 6.45) is 0. The first kappa shape index (κ1) is 10.6. The van der Waals surface area contributed by atoms with Crippen molar-refractivity contribution in [2.45, 2.75) is 11.8 Å². The Hall–Kier alpha value is 0.0600. The number of hydrogen-bond acceptors (Lipinski definition) is 3. The van der Waals surface area contributed by atoms with Gasteiger partial charge in [0.25, 0.3) is 0 Å². The van der Waals surface area contributed by atoms with E-state index in [9.17, 15) is 0 Å². The first-order valence-corrected chi connectivity index (χ1v) is 6.61. The van der Waals surface area contributed by atoms with Crippen LogP contribution in [-0.2, 0) is 0 Å². The molecule has 14 heavy (non-hydrogen) atoms. The van der Waals surface area contributed by atoms with Gasteiger partial charge in [-0.3, -0.25) is 0 Å². The van der Waals surface area contributed by atoms with E-state index in [1.165, 1.54) is 13.0 Å². The highest BCUT2D eigenvalue weighted by Crippen LogP contribution is 2.41. The van der Waals surface area contributed by atoms with E-state index in [1.807, 2.05) is 19.1 Å². The zero-order chi connectivity index (χ0) is 10.1. The van der Waals surface area contributed by atoms with Gasteiger partial charge < -0.3 is 4.74 Å². The zero-order valence-electron chi connectivity index (χ0n) is 7.58. The second-order valence-corrected chi connectivity index (χ2v) is 6.10. The number of thiophene rings is 1. The van der Waals surface area contributed by atoms with Crippen LogP contribution in [-0.4, -0.2) is 6.61 Å². The van der Waals surface area contributed by atoms with Gasteiger partial charge in [-0.05, 0) is 41.6 Å². The Morgan fingerprint density at radius 3 is 3.00 bits per heavy atom. The minimum absolute atomic E-state index is 0.707. The lowest BCUT2D eigenvalue weighted by atomic mass is 10.2. The number of halogens is 1. The molecule has 0 unspecified atom stereocenters. The Balaban J connectivity index is 2.70. The Kier molecular flexibility index (Phi) is 3.23. The molecule has 0 radical (unpaired) electrons. The Morgan fingerprint density at radius 2 is 2.29 bits per heavy atom. The summed E-state index contributed by atoms with van der Waals surface area (Å²) in [7, 11) is 0. The van der Waals surface area contributed by atoms with Crippen molar-refractivity contribution in [3.63, 3.8) is 0 Å².